The maximum absolute atomic E-state index is 2.38. The SMILES string of the molecule is c1ccc2[c]3c(ccc2c1)-c1[c](ccc2ccccc12)[GeH2]3. The topological polar surface area (TPSA) is 0 Å². The average molecular weight is 327 g/mol. The molecule has 0 saturated heterocycles. The van der Waals surface area contributed by atoms with Gasteiger partial charge in [0.25, 0.3) is 0 Å². The Kier molecular flexibility index (Phi) is 2.33. The van der Waals surface area contributed by atoms with Gasteiger partial charge in [-0.15, -0.1) is 0 Å². The zero-order valence-electron chi connectivity index (χ0n) is 11.6. The van der Waals surface area contributed by atoms with Gasteiger partial charge in [-0.2, -0.15) is 0 Å². The molecule has 4 aromatic rings. The summed E-state index contributed by atoms with van der Waals surface area (Å²) in [4.78, 5) is 0. The summed E-state index contributed by atoms with van der Waals surface area (Å²) in [5, 5.41) is 5.66. The second kappa shape index (κ2) is 4.22. The van der Waals surface area contributed by atoms with E-state index in [1.165, 1.54) is 32.7 Å². The zero-order chi connectivity index (χ0) is 13.8. The molecule has 0 radical (unpaired) electrons. The first-order chi connectivity index (χ1) is 10.4. The van der Waals surface area contributed by atoms with Gasteiger partial charge in [-0.05, 0) is 0 Å². The molecule has 1 aliphatic heterocycles. The van der Waals surface area contributed by atoms with Crippen molar-refractivity contribution in [3.63, 3.8) is 0 Å². The summed E-state index contributed by atoms with van der Waals surface area (Å²) in [5.74, 6) is 0. The Labute approximate surface area is 129 Å². The molecule has 5 rings (SSSR count). The van der Waals surface area contributed by atoms with Crippen LogP contribution < -0.4 is 8.79 Å². The number of rotatable bonds is 0. The van der Waals surface area contributed by atoms with Crippen LogP contribution in [0.25, 0.3) is 32.7 Å². The van der Waals surface area contributed by atoms with Crippen LogP contribution in [0.2, 0.25) is 0 Å². The van der Waals surface area contributed by atoms with Crippen LogP contribution in [0.4, 0.5) is 0 Å². The summed E-state index contributed by atoms with van der Waals surface area (Å²) in [7, 11) is 0. The van der Waals surface area contributed by atoms with Crippen LogP contribution in [0, 0.1) is 0 Å². The summed E-state index contributed by atoms with van der Waals surface area (Å²) >= 11 is -0.868. The van der Waals surface area contributed by atoms with Crippen molar-refractivity contribution in [2.24, 2.45) is 0 Å². The quantitative estimate of drug-likeness (QED) is 0.384. The predicted octanol–water partition coefficient (Wildman–Crippen LogP) is 3.09. The van der Waals surface area contributed by atoms with Gasteiger partial charge in [0.2, 0.25) is 0 Å². The molecule has 0 nitrogen and oxygen atoms in total. The first-order valence-corrected chi connectivity index (χ1v) is 10.4. The molecule has 0 atom stereocenters. The standard InChI is InChI=1S/C20H14Ge/c1-3-7-15-13(5-1)10-12-18-19(15)17-11-9-14-6-2-4-8-16(14)20(17)21-18/h1-12H,21H2. The Morgan fingerprint density at radius 1 is 0.571 bits per heavy atom. The van der Waals surface area contributed by atoms with Gasteiger partial charge >= 0.3 is 130 Å². The van der Waals surface area contributed by atoms with Crippen molar-refractivity contribution in [2.75, 3.05) is 0 Å². The molecule has 1 heteroatoms. The third-order valence-corrected chi connectivity index (χ3v) is 9.07. The molecule has 0 fully saturated rings. The Morgan fingerprint density at radius 3 is 2.10 bits per heavy atom. The Morgan fingerprint density at radius 2 is 1.24 bits per heavy atom. The molecule has 0 N–H and O–H groups in total. The molecule has 0 saturated carbocycles. The van der Waals surface area contributed by atoms with E-state index in [0.29, 0.717) is 0 Å². The van der Waals surface area contributed by atoms with Crippen molar-refractivity contribution in [3.05, 3.63) is 72.8 Å². The zero-order valence-corrected chi connectivity index (χ0v) is 14.6. The maximum atomic E-state index is 2.38. The summed E-state index contributed by atoms with van der Waals surface area (Å²) in [6, 6.07) is 27.0. The molecule has 0 aromatic heterocycles. The van der Waals surface area contributed by atoms with E-state index in [-0.39, 0.29) is 0 Å². The monoisotopic (exact) mass is 328 g/mol. The second-order valence-electron chi connectivity index (χ2n) is 5.81. The number of hydrogen-bond acceptors (Lipinski definition) is 0. The molecule has 0 aliphatic carbocycles. The van der Waals surface area contributed by atoms with Gasteiger partial charge in [-0.1, -0.05) is 0 Å². The molecular weight excluding hydrogens is 313 g/mol. The molecule has 0 amide bonds. The fourth-order valence-corrected chi connectivity index (χ4v) is 8.29. The van der Waals surface area contributed by atoms with Crippen LogP contribution in [0.1, 0.15) is 0 Å². The summed E-state index contributed by atoms with van der Waals surface area (Å²) < 4.78 is 3.32. The predicted molar refractivity (Wildman–Crippen MR) is 94.7 cm³/mol. The van der Waals surface area contributed by atoms with Crippen LogP contribution in [0.15, 0.2) is 72.8 Å². The minimum atomic E-state index is -0.868. The molecule has 0 spiro atoms. The first-order valence-electron chi connectivity index (χ1n) is 7.43. The van der Waals surface area contributed by atoms with Crippen molar-refractivity contribution < 1.29 is 0 Å². The molecule has 98 valence electrons. The molecule has 0 unspecified atom stereocenters. The average Bonchev–Trinajstić information content (AvgIpc) is 2.94. The Balaban J connectivity index is 1.93. The van der Waals surface area contributed by atoms with Gasteiger partial charge in [0.05, 0.1) is 0 Å². The molecular formula is C20H14Ge. The number of hydrogen-bond donors (Lipinski definition) is 0. The van der Waals surface area contributed by atoms with Crippen LogP contribution >= 0.6 is 0 Å². The van der Waals surface area contributed by atoms with Crippen LogP contribution in [-0.4, -0.2) is 15.4 Å². The summed E-state index contributed by atoms with van der Waals surface area (Å²) in [6.07, 6.45) is 0. The van der Waals surface area contributed by atoms with Crippen molar-refractivity contribution in [1.29, 1.82) is 0 Å². The molecule has 0 bridgehead atoms. The number of benzene rings is 4. The summed E-state index contributed by atoms with van der Waals surface area (Å²) in [6.45, 7) is 0. The minimum absolute atomic E-state index is 0.868. The van der Waals surface area contributed by atoms with E-state index >= 15 is 0 Å². The van der Waals surface area contributed by atoms with Crippen LogP contribution in [-0.2, 0) is 0 Å². The van der Waals surface area contributed by atoms with Crippen molar-refractivity contribution >= 4 is 45.8 Å². The van der Waals surface area contributed by atoms with Crippen LogP contribution in [0.5, 0.6) is 0 Å². The van der Waals surface area contributed by atoms with E-state index < -0.39 is 15.4 Å². The number of fused-ring (bicyclic) bond motifs is 7. The van der Waals surface area contributed by atoms with Gasteiger partial charge in [0.1, 0.15) is 0 Å². The van der Waals surface area contributed by atoms with Gasteiger partial charge < -0.3 is 0 Å². The third-order valence-electron chi connectivity index (χ3n) is 4.69. The summed E-state index contributed by atoms with van der Waals surface area (Å²) in [5.41, 5.74) is 3.02. The van der Waals surface area contributed by atoms with E-state index in [0.717, 1.165) is 0 Å². The molecule has 1 aliphatic rings. The first kappa shape index (κ1) is 11.6. The third kappa shape index (κ3) is 1.57. The van der Waals surface area contributed by atoms with E-state index in [4.69, 9.17) is 0 Å². The van der Waals surface area contributed by atoms with E-state index in [2.05, 4.69) is 72.8 Å². The Hall–Kier alpha value is -2.06. The molecule has 1 heterocycles. The molecule has 4 aromatic carbocycles. The van der Waals surface area contributed by atoms with Gasteiger partial charge in [0, 0.05) is 0 Å². The second-order valence-corrected chi connectivity index (χ2v) is 9.63. The van der Waals surface area contributed by atoms with Gasteiger partial charge in [-0.25, -0.2) is 0 Å². The van der Waals surface area contributed by atoms with Crippen LogP contribution in [0.3, 0.4) is 0 Å². The van der Waals surface area contributed by atoms with E-state index in [9.17, 15) is 0 Å². The Bertz CT molecular complexity index is 1010. The van der Waals surface area contributed by atoms with Crippen molar-refractivity contribution in [3.8, 4) is 11.1 Å². The van der Waals surface area contributed by atoms with Crippen molar-refractivity contribution in [1.82, 2.24) is 0 Å². The van der Waals surface area contributed by atoms with E-state index in [1.54, 1.807) is 8.79 Å². The fraction of sp³-hybridized carbons (Fsp3) is 0. The normalized spacial score (nSPS) is 13.7. The van der Waals surface area contributed by atoms with Crippen molar-refractivity contribution in [2.45, 2.75) is 0 Å². The van der Waals surface area contributed by atoms with Gasteiger partial charge in [-0.3, -0.25) is 0 Å². The molecule has 21 heavy (non-hydrogen) atoms. The van der Waals surface area contributed by atoms with E-state index in [1.807, 2.05) is 0 Å². The fourth-order valence-electron chi connectivity index (χ4n) is 3.73. The van der Waals surface area contributed by atoms with Gasteiger partial charge in [0.15, 0.2) is 0 Å².